The summed E-state index contributed by atoms with van der Waals surface area (Å²) in [7, 11) is 1.62. The summed E-state index contributed by atoms with van der Waals surface area (Å²) in [4.78, 5) is 30.5. The van der Waals surface area contributed by atoms with Crippen molar-refractivity contribution in [1.82, 2.24) is 10.2 Å². The summed E-state index contributed by atoms with van der Waals surface area (Å²) in [5.41, 5.74) is 4.69. The third-order valence-corrected chi connectivity index (χ3v) is 9.07. The number of halogens is 1. The molecule has 5 rings (SSSR count). The molecule has 8 heteroatoms. The SMILES string of the molecule is CCC(C)Oc1cc2c(cc1OC)CC(=O)N(c1ccc(C(C)N(C(C)=O)C3CCNCC3)cc1)C2c1ccc(Cl)cc1. The van der Waals surface area contributed by atoms with Gasteiger partial charge in [0.1, 0.15) is 0 Å². The van der Waals surface area contributed by atoms with Crippen LogP contribution in [0.25, 0.3) is 0 Å². The maximum absolute atomic E-state index is 13.9. The standard InChI is InChI=1S/C35H42ClN3O4/c1-6-22(2)43-33-21-31-27(19-32(33)42-5)20-34(41)39(35(31)26-7-11-28(36)12-8-26)29-13-9-25(10-14-29)23(3)38(24(4)40)30-15-17-37-18-16-30/h7-14,19,21-23,30,35,37H,6,15-18,20H2,1-5H3. The van der Waals surface area contributed by atoms with Crippen LogP contribution in [0.5, 0.6) is 11.5 Å². The van der Waals surface area contributed by atoms with Crippen LogP contribution < -0.4 is 19.7 Å². The molecule has 2 amide bonds. The molecule has 1 saturated heterocycles. The zero-order valence-corrected chi connectivity index (χ0v) is 26.5. The minimum Gasteiger partial charge on any atom is -0.493 e. The summed E-state index contributed by atoms with van der Waals surface area (Å²) in [6.45, 7) is 9.69. The second kappa shape index (κ2) is 13.4. The van der Waals surface area contributed by atoms with E-state index in [-0.39, 0.29) is 42.5 Å². The lowest BCUT2D eigenvalue weighted by Crippen LogP contribution is -2.46. The molecule has 3 atom stereocenters. The number of carbonyl (C=O) groups is 2. The van der Waals surface area contributed by atoms with Gasteiger partial charge in [-0.05, 0) is 105 Å². The number of nitrogens with one attached hydrogen (secondary N) is 1. The molecular formula is C35H42ClN3O4. The lowest BCUT2D eigenvalue weighted by molar-refractivity contribution is -0.134. The van der Waals surface area contributed by atoms with Crippen molar-refractivity contribution < 1.29 is 19.1 Å². The van der Waals surface area contributed by atoms with Gasteiger partial charge in [0.25, 0.3) is 0 Å². The van der Waals surface area contributed by atoms with Crippen LogP contribution in [0.15, 0.2) is 60.7 Å². The molecule has 228 valence electrons. The highest BCUT2D eigenvalue weighted by molar-refractivity contribution is 6.30. The first-order valence-electron chi connectivity index (χ1n) is 15.3. The van der Waals surface area contributed by atoms with Crippen molar-refractivity contribution in [2.45, 2.75) is 77.6 Å². The smallest absolute Gasteiger partial charge is 0.232 e. The van der Waals surface area contributed by atoms with Crippen LogP contribution in [0.1, 0.15) is 81.3 Å². The predicted molar refractivity (Wildman–Crippen MR) is 171 cm³/mol. The number of anilines is 1. The molecular weight excluding hydrogens is 562 g/mol. The van der Waals surface area contributed by atoms with E-state index in [1.165, 1.54) is 0 Å². The molecule has 2 aliphatic heterocycles. The first kappa shape index (κ1) is 30.9. The fourth-order valence-corrected chi connectivity index (χ4v) is 6.51. The van der Waals surface area contributed by atoms with Crippen molar-refractivity contribution in [3.8, 4) is 11.5 Å². The van der Waals surface area contributed by atoms with Crippen LogP contribution in [0.2, 0.25) is 5.02 Å². The third-order valence-electron chi connectivity index (χ3n) is 8.81. The van der Waals surface area contributed by atoms with E-state index in [1.807, 2.05) is 77.4 Å². The van der Waals surface area contributed by atoms with Crippen LogP contribution in [0.3, 0.4) is 0 Å². The van der Waals surface area contributed by atoms with E-state index in [0.29, 0.717) is 16.5 Å². The van der Waals surface area contributed by atoms with Gasteiger partial charge in [-0.3, -0.25) is 9.59 Å². The van der Waals surface area contributed by atoms with E-state index in [0.717, 1.165) is 60.3 Å². The van der Waals surface area contributed by atoms with Gasteiger partial charge in [-0.25, -0.2) is 0 Å². The van der Waals surface area contributed by atoms with Gasteiger partial charge in [-0.2, -0.15) is 0 Å². The molecule has 7 nitrogen and oxygen atoms in total. The molecule has 2 aliphatic rings. The zero-order chi connectivity index (χ0) is 30.7. The molecule has 1 fully saturated rings. The molecule has 0 spiro atoms. The average molecular weight is 604 g/mol. The number of rotatable bonds is 9. The number of ether oxygens (including phenoxy) is 2. The van der Waals surface area contributed by atoms with E-state index in [9.17, 15) is 9.59 Å². The van der Waals surface area contributed by atoms with E-state index in [4.69, 9.17) is 21.1 Å². The van der Waals surface area contributed by atoms with Gasteiger partial charge in [0.15, 0.2) is 11.5 Å². The number of piperidine rings is 1. The third kappa shape index (κ3) is 6.53. The van der Waals surface area contributed by atoms with Crippen molar-refractivity contribution in [3.05, 3.63) is 87.9 Å². The molecule has 0 bridgehead atoms. The molecule has 3 unspecified atom stereocenters. The highest BCUT2D eigenvalue weighted by Gasteiger charge is 2.36. The Morgan fingerprint density at radius 2 is 1.72 bits per heavy atom. The summed E-state index contributed by atoms with van der Waals surface area (Å²) in [5, 5.41) is 4.02. The van der Waals surface area contributed by atoms with E-state index < -0.39 is 0 Å². The second-order valence-corrected chi connectivity index (χ2v) is 12.0. The van der Waals surface area contributed by atoms with E-state index in [1.54, 1.807) is 14.0 Å². The van der Waals surface area contributed by atoms with Crippen LogP contribution in [-0.2, 0) is 16.0 Å². The van der Waals surface area contributed by atoms with Crippen molar-refractivity contribution in [2.24, 2.45) is 0 Å². The largest absolute Gasteiger partial charge is 0.493 e. The number of carbonyl (C=O) groups excluding carboxylic acids is 2. The lowest BCUT2D eigenvalue weighted by Gasteiger charge is -2.39. The number of methoxy groups -OCH3 is 1. The fourth-order valence-electron chi connectivity index (χ4n) is 6.38. The zero-order valence-electron chi connectivity index (χ0n) is 25.7. The molecule has 43 heavy (non-hydrogen) atoms. The van der Waals surface area contributed by atoms with E-state index in [2.05, 4.69) is 19.2 Å². The number of nitrogens with zero attached hydrogens (tertiary/aromatic N) is 2. The summed E-state index contributed by atoms with van der Waals surface area (Å²) in [6, 6.07) is 19.5. The number of hydrogen-bond acceptors (Lipinski definition) is 5. The Labute approximate surface area is 260 Å². The Morgan fingerprint density at radius 1 is 1.05 bits per heavy atom. The Kier molecular flexibility index (Phi) is 9.62. The van der Waals surface area contributed by atoms with Crippen LogP contribution in [0.4, 0.5) is 5.69 Å². The topological polar surface area (TPSA) is 71.1 Å². The van der Waals surface area contributed by atoms with Gasteiger partial charge >= 0.3 is 0 Å². The predicted octanol–water partition coefficient (Wildman–Crippen LogP) is 6.87. The second-order valence-electron chi connectivity index (χ2n) is 11.6. The molecule has 3 aromatic carbocycles. The number of benzene rings is 3. The Balaban J connectivity index is 1.54. The first-order chi connectivity index (χ1) is 20.7. The van der Waals surface area contributed by atoms with Crippen molar-refractivity contribution >= 4 is 29.1 Å². The minimum atomic E-state index is -0.384. The monoisotopic (exact) mass is 603 g/mol. The minimum absolute atomic E-state index is 0.00837. The molecule has 0 aliphatic carbocycles. The lowest BCUT2D eigenvalue weighted by atomic mass is 9.86. The normalized spacial score (nSPS) is 18.5. The van der Waals surface area contributed by atoms with Gasteiger partial charge in [0, 0.05) is 23.7 Å². The Bertz CT molecular complexity index is 1440. The van der Waals surface area contributed by atoms with Crippen LogP contribution in [-0.4, -0.2) is 49.1 Å². The van der Waals surface area contributed by atoms with Crippen molar-refractivity contribution in [2.75, 3.05) is 25.1 Å². The van der Waals surface area contributed by atoms with Crippen molar-refractivity contribution in [1.29, 1.82) is 0 Å². The number of amides is 2. The van der Waals surface area contributed by atoms with Crippen molar-refractivity contribution in [3.63, 3.8) is 0 Å². The summed E-state index contributed by atoms with van der Waals surface area (Å²) in [6.07, 6.45) is 3.00. The van der Waals surface area contributed by atoms with E-state index >= 15 is 0 Å². The molecule has 0 saturated carbocycles. The molecule has 0 aromatic heterocycles. The highest BCUT2D eigenvalue weighted by atomic mass is 35.5. The molecule has 2 heterocycles. The van der Waals surface area contributed by atoms with Gasteiger partial charge < -0.3 is 24.6 Å². The maximum Gasteiger partial charge on any atom is 0.232 e. The quantitative estimate of drug-likeness (QED) is 0.289. The van der Waals surface area contributed by atoms with Crippen LogP contribution in [0, 0.1) is 0 Å². The fraction of sp³-hybridized carbons (Fsp3) is 0.429. The average Bonchev–Trinajstić information content (AvgIpc) is 3.01. The number of hydrogen-bond donors (Lipinski definition) is 1. The summed E-state index contributed by atoms with van der Waals surface area (Å²) in [5.74, 6) is 1.36. The van der Waals surface area contributed by atoms with Gasteiger partial charge in [-0.15, -0.1) is 0 Å². The van der Waals surface area contributed by atoms with Crippen LogP contribution >= 0.6 is 11.6 Å². The summed E-state index contributed by atoms with van der Waals surface area (Å²) < 4.78 is 11.9. The molecule has 0 radical (unpaired) electrons. The van der Waals surface area contributed by atoms with Gasteiger partial charge in [0.2, 0.25) is 11.8 Å². The first-order valence-corrected chi connectivity index (χ1v) is 15.6. The molecule has 1 N–H and O–H groups in total. The Morgan fingerprint density at radius 3 is 2.33 bits per heavy atom. The molecule has 3 aromatic rings. The Hall–Kier alpha value is -3.55. The summed E-state index contributed by atoms with van der Waals surface area (Å²) >= 11 is 6.27. The van der Waals surface area contributed by atoms with Gasteiger partial charge in [0.05, 0.1) is 31.7 Å². The maximum atomic E-state index is 13.9. The number of fused-ring (bicyclic) bond motifs is 1. The van der Waals surface area contributed by atoms with Gasteiger partial charge in [-0.1, -0.05) is 42.8 Å². The highest BCUT2D eigenvalue weighted by Crippen LogP contribution is 2.44.